The normalized spacial score (nSPS) is 11.4. The van der Waals surface area contributed by atoms with E-state index in [1.807, 2.05) is 10.3 Å². The van der Waals surface area contributed by atoms with Crippen LogP contribution in [0.2, 0.25) is 0 Å². The van der Waals surface area contributed by atoms with Crippen LogP contribution < -0.4 is 10.3 Å². The van der Waals surface area contributed by atoms with E-state index in [0.717, 1.165) is 6.07 Å². The Kier molecular flexibility index (Phi) is 4.45. The minimum absolute atomic E-state index is 0.0798. The Morgan fingerprint density at radius 1 is 1.15 bits per heavy atom. The summed E-state index contributed by atoms with van der Waals surface area (Å²) < 4.78 is 29.8. The molecule has 0 atom stereocenters. The van der Waals surface area contributed by atoms with E-state index in [-0.39, 0.29) is 16.3 Å². The molecule has 2 aromatic carbocycles. The molecule has 1 aromatic heterocycles. The number of nitro benzene ring substituents is 1. The molecule has 0 aliphatic rings. The Morgan fingerprint density at radius 2 is 1.88 bits per heavy atom. The van der Waals surface area contributed by atoms with E-state index in [4.69, 9.17) is 4.42 Å². The number of hydrogen-bond acceptors (Lipinski definition) is 6. The number of carbonyl (C=O) groups excluding carboxylic acids is 1. The zero-order chi connectivity index (χ0) is 18.9. The molecule has 134 valence electrons. The number of carbonyl (C=O) groups is 1. The van der Waals surface area contributed by atoms with Gasteiger partial charge in [-0.15, -0.1) is 4.83 Å². The van der Waals surface area contributed by atoms with Gasteiger partial charge < -0.3 is 4.42 Å². The molecule has 1 heterocycles. The maximum atomic E-state index is 12.2. The van der Waals surface area contributed by atoms with Gasteiger partial charge in [0.15, 0.2) is 5.76 Å². The summed E-state index contributed by atoms with van der Waals surface area (Å²) in [4.78, 5) is 23.9. The summed E-state index contributed by atoms with van der Waals surface area (Å²) in [6.07, 6.45) is 0. The molecule has 0 saturated carbocycles. The zero-order valence-corrected chi connectivity index (χ0v) is 14.2. The Labute approximate surface area is 147 Å². The van der Waals surface area contributed by atoms with E-state index >= 15 is 0 Å². The summed E-state index contributed by atoms with van der Waals surface area (Å²) in [5.74, 6) is -0.879. The van der Waals surface area contributed by atoms with E-state index in [9.17, 15) is 23.3 Å². The molecular weight excluding hydrogens is 362 g/mol. The molecular formula is C16H13N3O6S. The van der Waals surface area contributed by atoms with Gasteiger partial charge in [-0.3, -0.25) is 20.3 Å². The first-order valence-electron chi connectivity index (χ1n) is 7.34. The number of fused-ring (bicyclic) bond motifs is 1. The first-order valence-corrected chi connectivity index (χ1v) is 8.82. The Bertz CT molecular complexity index is 1090. The van der Waals surface area contributed by atoms with Crippen molar-refractivity contribution in [2.45, 2.75) is 11.8 Å². The number of para-hydroxylation sites is 1. The third-order valence-electron chi connectivity index (χ3n) is 3.64. The molecule has 0 aliphatic carbocycles. The molecule has 0 aliphatic heterocycles. The summed E-state index contributed by atoms with van der Waals surface area (Å²) in [5, 5.41) is 11.6. The van der Waals surface area contributed by atoms with E-state index < -0.39 is 20.9 Å². The maximum Gasteiger partial charge on any atom is 0.301 e. The monoisotopic (exact) mass is 375 g/mol. The molecule has 0 saturated heterocycles. The maximum absolute atomic E-state index is 12.2. The number of furan rings is 1. The third-order valence-corrected chi connectivity index (χ3v) is 4.88. The fourth-order valence-corrected chi connectivity index (χ4v) is 3.14. The molecule has 0 fully saturated rings. The summed E-state index contributed by atoms with van der Waals surface area (Å²) in [5.41, 5.74) is 2.49. The molecule has 10 heteroatoms. The van der Waals surface area contributed by atoms with E-state index in [0.29, 0.717) is 16.5 Å². The standard InChI is InChI=1S/C16H13N3O6S/c1-10-6-7-12(9-13(10)19(21)22)26(23,24)18-17-16(20)15-8-11-4-2-3-5-14(11)25-15/h2-9,18H,1H3,(H,17,20). The number of nitrogens with one attached hydrogen (secondary N) is 2. The van der Waals surface area contributed by atoms with Gasteiger partial charge in [0.1, 0.15) is 5.58 Å². The van der Waals surface area contributed by atoms with Gasteiger partial charge >= 0.3 is 5.91 Å². The van der Waals surface area contributed by atoms with Gasteiger partial charge in [-0.1, -0.05) is 24.3 Å². The largest absolute Gasteiger partial charge is 0.451 e. The lowest BCUT2D eigenvalue weighted by Gasteiger charge is -2.08. The summed E-state index contributed by atoms with van der Waals surface area (Å²) in [7, 11) is -4.19. The van der Waals surface area contributed by atoms with Crippen LogP contribution >= 0.6 is 0 Å². The van der Waals surface area contributed by atoms with E-state index in [1.54, 1.807) is 24.3 Å². The predicted molar refractivity (Wildman–Crippen MR) is 91.8 cm³/mol. The van der Waals surface area contributed by atoms with Crippen molar-refractivity contribution in [2.24, 2.45) is 0 Å². The van der Waals surface area contributed by atoms with Crippen molar-refractivity contribution in [2.75, 3.05) is 0 Å². The van der Waals surface area contributed by atoms with Gasteiger partial charge in [-0.05, 0) is 25.1 Å². The van der Waals surface area contributed by atoms with Gasteiger partial charge in [0, 0.05) is 17.0 Å². The fraction of sp³-hybridized carbons (Fsp3) is 0.0625. The van der Waals surface area contributed by atoms with Crippen molar-refractivity contribution in [1.29, 1.82) is 0 Å². The Hall–Kier alpha value is -3.24. The SMILES string of the molecule is Cc1ccc(S(=O)(=O)NNC(=O)c2cc3ccccc3o2)cc1[N+](=O)[O-]. The summed E-state index contributed by atoms with van der Waals surface area (Å²) in [6.45, 7) is 1.49. The van der Waals surface area contributed by atoms with Crippen molar-refractivity contribution in [3.05, 3.63) is 70.0 Å². The minimum Gasteiger partial charge on any atom is -0.451 e. The second-order valence-corrected chi connectivity index (χ2v) is 7.10. The van der Waals surface area contributed by atoms with Gasteiger partial charge in [0.2, 0.25) is 0 Å². The van der Waals surface area contributed by atoms with Crippen LogP contribution in [-0.2, 0) is 10.0 Å². The topological polar surface area (TPSA) is 132 Å². The van der Waals surface area contributed by atoms with Crippen LogP contribution in [0.1, 0.15) is 16.1 Å². The van der Waals surface area contributed by atoms with Gasteiger partial charge in [0.05, 0.1) is 9.82 Å². The fourth-order valence-electron chi connectivity index (χ4n) is 2.28. The molecule has 1 amide bonds. The van der Waals surface area contributed by atoms with Crippen molar-refractivity contribution < 1.29 is 22.6 Å². The second kappa shape index (κ2) is 6.58. The van der Waals surface area contributed by atoms with Gasteiger partial charge in [0.25, 0.3) is 15.7 Å². The molecule has 0 unspecified atom stereocenters. The van der Waals surface area contributed by atoms with E-state index in [2.05, 4.69) is 0 Å². The van der Waals surface area contributed by atoms with Crippen LogP contribution in [-0.4, -0.2) is 19.2 Å². The van der Waals surface area contributed by atoms with Crippen LogP contribution in [0.25, 0.3) is 11.0 Å². The van der Waals surface area contributed by atoms with Crippen LogP contribution in [0.15, 0.2) is 57.8 Å². The molecule has 0 radical (unpaired) electrons. The smallest absolute Gasteiger partial charge is 0.301 e. The summed E-state index contributed by atoms with van der Waals surface area (Å²) in [6, 6.07) is 11.8. The lowest BCUT2D eigenvalue weighted by molar-refractivity contribution is -0.385. The van der Waals surface area contributed by atoms with Crippen molar-refractivity contribution in [1.82, 2.24) is 10.3 Å². The molecule has 26 heavy (non-hydrogen) atoms. The first kappa shape index (κ1) is 17.6. The minimum atomic E-state index is -4.19. The predicted octanol–water partition coefficient (Wildman–Crippen LogP) is 2.27. The van der Waals surface area contributed by atoms with Crippen LogP contribution in [0.3, 0.4) is 0 Å². The van der Waals surface area contributed by atoms with Gasteiger partial charge in [-0.25, -0.2) is 8.42 Å². The Balaban J connectivity index is 1.78. The highest BCUT2D eigenvalue weighted by atomic mass is 32.2. The number of rotatable bonds is 5. The molecule has 3 aromatic rings. The molecule has 0 spiro atoms. The zero-order valence-electron chi connectivity index (χ0n) is 13.4. The number of nitrogens with zero attached hydrogens (tertiary/aromatic N) is 1. The van der Waals surface area contributed by atoms with Crippen LogP contribution in [0.5, 0.6) is 0 Å². The first-order chi connectivity index (χ1) is 12.3. The van der Waals surface area contributed by atoms with E-state index in [1.165, 1.54) is 25.1 Å². The number of sulfonamides is 1. The number of hydrazine groups is 1. The molecule has 9 nitrogen and oxygen atoms in total. The lowest BCUT2D eigenvalue weighted by Crippen LogP contribution is -2.41. The average Bonchev–Trinajstić information content (AvgIpc) is 3.04. The highest BCUT2D eigenvalue weighted by Gasteiger charge is 2.21. The van der Waals surface area contributed by atoms with Gasteiger partial charge in [-0.2, -0.15) is 0 Å². The van der Waals surface area contributed by atoms with Crippen LogP contribution in [0.4, 0.5) is 5.69 Å². The van der Waals surface area contributed by atoms with Crippen LogP contribution in [0, 0.1) is 17.0 Å². The summed E-state index contributed by atoms with van der Waals surface area (Å²) >= 11 is 0. The molecule has 0 bridgehead atoms. The van der Waals surface area contributed by atoms with Crippen molar-refractivity contribution in [3.63, 3.8) is 0 Å². The number of amides is 1. The lowest BCUT2D eigenvalue weighted by atomic mass is 10.2. The second-order valence-electron chi connectivity index (χ2n) is 5.41. The number of nitro groups is 1. The highest BCUT2D eigenvalue weighted by Crippen LogP contribution is 2.22. The number of aryl methyl sites for hydroxylation is 1. The number of hydrogen-bond donors (Lipinski definition) is 2. The average molecular weight is 375 g/mol. The molecule has 3 rings (SSSR count). The Morgan fingerprint density at radius 3 is 2.58 bits per heavy atom. The van der Waals surface area contributed by atoms with Crippen molar-refractivity contribution in [3.8, 4) is 0 Å². The third kappa shape index (κ3) is 3.41. The highest BCUT2D eigenvalue weighted by molar-refractivity contribution is 7.89. The molecule has 2 N–H and O–H groups in total. The number of benzene rings is 2. The quantitative estimate of drug-likeness (QED) is 0.519. The van der Waals surface area contributed by atoms with Crippen molar-refractivity contribution >= 4 is 32.6 Å².